The van der Waals surface area contributed by atoms with Gasteiger partial charge in [0, 0.05) is 13.2 Å². The van der Waals surface area contributed by atoms with E-state index < -0.39 is 0 Å². The zero-order valence-electron chi connectivity index (χ0n) is 8.97. The first-order valence-corrected chi connectivity index (χ1v) is 5.11. The first-order valence-electron chi connectivity index (χ1n) is 5.11. The monoisotopic (exact) mass is 186 g/mol. The van der Waals surface area contributed by atoms with Crippen molar-refractivity contribution in [2.75, 3.05) is 7.11 Å². The third-order valence-corrected chi connectivity index (χ3v) is 3.13. The first kappa shape index (κ1) is 11.0. The van der Waals surface area contributed by atoms with E-state index in [0.717, 1.165) is 12.3 Å². The lowest BCUT2D eigenvalue weighted by molar-refractivity contribution is -0.0134. The van der Waals surface area contributed by atoms with Crippen molar-refractivity contribution in [1.29, 1.82) is 0 Å². The zero-order valence-corrected chi connectivity index (χ0v) is 8.97. The van der Waals surface area contributed by atoms with E-state index in [1.165, 1.54) is 19.3 Å². The van der Waals surface area contributed by atoms with Gasteiger partial charge in [0.25, 0.3) is 0 Å². The fraction of sp³-hybridized carbons (Fsp3) is 1.00. The van der Waals surface area contributed by atoms with Crippen molar-refractivity contribution in [3.8, 4) is 0 Å². The van der Waals surface area contributed by atoms with Gasteiger partial charge in [-0.15, -0.1) is 0 Å². The number of hydrazine groups is 1. The number of ether oxygens (including phenoxy) is 1. The van der Waals surface area contributed by atoms with Crippen LogP contribution in [0.3, 0.4) is 0 Å². The molecule has 1 aliphatic rings. The van der Waals surface area contributed by atoms with Gasteiger partial charge in [-0.1, -0.05) is 12.8 Å². The number of nitrogens with two attached hydrogens (primary N) is 1. The molecular weight excluding hydrogens is 164 g/mol. The summed E-state index contributed by atoms with van der Waals surface area (Å²) >= 11 is 0. The summed E-state index contributed by atoms with van der Waals surface area (Å²) in [5.74, 6) is 6.47. The molecule has 0 amide bonds. The van der Waals surface area contributed by atoms with E-state index in [1.807, 2.05) is 0 Å². The average molecular weight is 186 g/mol. The molecule has 1 fully saturated rings. The van der Waals surface area contributed by atoms with Crippen LogP contribution in [-0.4, -0.2) is 18.8 Å². The van der Waals surface area contributed by atoms with Crippen LogP contribution in [0, 0.1) is 5.92 Å². The minimum absolute atomic E-state index is 0.163. The minimum Gasteiger partial charge on any atom is -0.377 e. The van der Waals surface area contributed by atoms with Gasteiger partial charge in [-0.3, -0.25) is 11.3 Å². The van der Waals surface area contributed by atoms with E-state index in [4.69, 9.17) is 10.6 Å². The van der Waals surface area contributed by atoms with Gasteiger partial charge >= 0.3 is 0 Å². The summed E-state index contributed by atoms with van der Waals surface area (Å²) in [4.78, 5) is 0. The molecule has 78 valence electrons. The van der Waals surface area contributed by atoms with Crippen molar-refractivity contribution >= 4 is 0 Å². The van der Waals surface area contributed by atoms with Crippen molar-refractivity contribution in [3.63, 3.8) is 0 Å². The molecule has 3 nitrogen and oxygen atoms in total. The lowest BCUT2D eigenvalue weighted by Gasteiger charge is -2.32. The Morgan fingerprint density at radius 3 is 2.54 bits per heavy atom. The summed E-state index contributed by atoms with van der Waals surface area (Å²) in [6.07, 6.45) is 5.21. The predicted molar refractivity (Wildman–Crippen MR) is 54.2 cm³/mol. The summed E-state index contributed by atoms with van der Waals surface area (Å²) in [5, 5.41) is 0. The highest BCUT2D eigenvalue weighted by Crippen LogP contribution is 2.34. The summed E-state index contributed by atoms with van der Waals surface area (Å²) in [6, 6.07) is 0.262. The van der Waals surface area contributed by atoms with Crippen molar-refractivity contribution in [2.45, 2.75) is 51.2 Å². The number of methoxy groups -OCH3 is 1. The number of rotatable bonds is 6. The van der Waals surface area contributed by atoms with Crippen LogP contribution in [0.15, 0.2) is 0 Å². The van der Waals surface area contributed by atoms with Crippen LogP contribution in [0.25, 0.3) is 0 Å². The molecule has 0 aromatic rings. The second kappa shape index (κ2) is 4.40. The van der Waals surface area contributed by atoms with Crippen LogP contribution in [0.4, 0.5) is 0 Å². The lowest BCUT2D eigenvalue weighted by Crippen LogP contribution is -2.51. The maximum atomic E-state index is 5.51. The Morgan fingerprint density at radius 1 is 1.54 bits per heavy atom. The van der Waals surface area contributed by atoms with Gasteiger partial charge in [0.2, 0.25) is 0 Å². The zero-order chi connectivity index (χ0) is 9.90. The molecule has 1 aliphatic carbocycles. The fourth-order valence-electron chi connectivity index (χ4n) is 1.58. The van der Waals surface area contributed by atoms with E-state index in [9.17, 15) is 0 Å². The minimum atomic E-state index is -0.163. The van der Waals surface area contributed by atoms with Crippen LogP contribution in [0.1, 0.15) is 39.5 Å². The molecule has 1 atom stereocenters. The number of hydrogen-bond donors (Lipinski definition) is 2. The molecule has 3 heteroatoms. The molecule has 1 unspecified atom stereocenters. The van der Waals surface area contributed by atoms with E-state index in [-0.39, 0.29) is 11.6 Å². The van der Waals surface area contributed by atoms with E-state index in [0.29, 0.717) is 0 Å². The van der Waals surface area contributed by atoms with Crippen LogP contribution in [0.5, 0.6) is 0 Å². The van der Waals surface area contributed by atoms with Gasteiger partial charge in [0.05, 0.1) is 5.60 Å². The van der Waals surface area contributed by atoms with Gasteiger partial charge in [0.15, 0.2) is 0 Å². The van der Waals surface area contributed by atoms with Crippen LogP contribution < -0.4 is 11.3 Å². The lowest BCUT2D eigenvalue weighted by atomic mass is 9.94. The molecule has 0 bridgehead atoms. The van der Waals surface area contributed by atoms with Crippen molar-refractivity contribution in [2.24, 2.45) is 11.8 Å². The quantitative estimate of drug-likeness (QED) is 0.487. The molecule has 13 heavy (non-hydrogen) atoms. The second-order valence-corrected chi connectivity index (χ2v) is 4.55. The smallest absolute Gasteiger partial charge is 0.0788 e. The maximum absolute atomic E-state index is 5.51. The average Bonchev–Trinajstić information content (AvgIpc) is 2.89. The van der Waals surface area contributed by atoms with Crippen LogP contribution in [-0.2, 0) is 4.74 Å². The maximum Gasteiger partial charge on any atom is 0.0788 e. The van der Waals surface area contributed by atoms with Crippen molar-refractivity contribution in [3.05, 3.63) is 0 Å². The van der Waals surface area contributed by atoms with E-state index in [1.54, 1.807) is 7.11 Å². The third-order valence-electron chi connectivity index (χ3n) is 3.13. The largest absolute Gasteiger partial charge is 0.377 e. The summed E-state index contributed by atoms with van der Waals surface area (Å²) < 4.78 is 5.40. The summed E-state index contributed by atoms with van der Waals surface area (Å²) in [7, 11) is 1.74. The Hall–Kier alpha value is -0.120. The highest BCUT2D eigenvalue weighted by molar-refractivity contribution is 4.86. The Bertz CT molecular complexity index is 155. The highest BCUT2D eigenvalue weighted by Gasteiger charge is 2.30. The Labute approximate surface area is 81.0 Å². The number of nitrogens with one attached hydrogen (secondary N) is 1. The highest BCUT2D eigenvalue weighted by atomic mass is 16.5. The predicted octanol–water partition coefficient (Wildman–Crippen LogP) is 1.43. The summed E-state index contributed by atoms with van der Waals surface area (Å²) in [5.41, 5.74) is 2.69. The fourth-order valence-corrected chi connectivity index (χ4v) is 1.58. The molecule has 3 N–H and O–H groups in total. The van der Waals surface area contributed by atoms with Crippen LogP contribution in [0.2, 0.25) is 0 Å². The van der Waals surface area contributed by atoms with Gasteiger partial charge in [-0.05, 0) is 32.6 Å². The molecule has 0 saturated heterocycles. The van der Waals surface area contributed by atoms with E-state index in [2.05, 4.69) is 19.3 Å². The Morgan fingerprint density at radius 2 is 2.15 bits per heavy atom. The van der Waals surface area contributed by atoms with Gasteiger partial charge in [-0.25, -0.2) is 0 Å². The second-order valence-electron chi connectivity index (χ2n) is 4.55. The van der Waals surface area contributed by atoms with Gasteiger partial charge in [0.1, 0.15) is 0 Å². The Balaban J connectivity index is 2.30. The first-order chi connectivity index (χ1) is 6.10. The Kier molecular flexibility index (Phi) is 3.71. The van der Waals surface area contributed by atoms with E-state index >= 15 is 0 Å². The normalized spacial score (nSPS) is 20.3. The standard InChI is InChI=1S/C10H22N2O/c1-10(2,13-3)9(12-11)7-6-8-4-5-8/h8-9,12H,4-7,11H2,1-3H3. The summed E-state index contributed by atoms with van der Waals surface area (Å²) in [6.45, 7) is 4.15. The van der Waals surface area contributed by atoms with Gasteiger partial charge < -0.3 is 4.74 Å². The molecule has 1 saturated carbocycles. The molecular formula is C10H22N2O. The topological polar surface area (TPSA) is 47.3 Å². The van der Waals surface area contributed by atoms with Crippen molar-refractivity contribution < 1.29 is 4.74 Å². The van der Waals surface area contributed by atoms with Gasteiger partial charge in [-0.2, -0.15) is 0 Å². The molecule has 1 rings (SSSR count). The molecule has 0 aliphatic heterocycles. The molecule has 0 radical (unpaired) electrons. The van der Waals surface area contributed by atoms with Crippen LogP contribution >= 0.6 is 0 Å². The molecule has 0 aromatic carbocycles. The number of hydrogen-bond acceptors (Lipinski definition) is 3. The van der Waals surface area contributed by atoms with Crippen molar-refractivity contribution in [1.82, 2.24) is 5.43 Å². The SMILES string of the molecule is COC(C)(C)C(CCC1CC1)NN. The third kappa shape index (κ3) is 3.25. The molecule has 0 aromatic heterocycles. The molecule has 0 spiro atoms. The molecule has 0 heterocycles.